The van der Waals surface area contributed by atoms with Gasteiger partial charge in [-0.05, 0) is 24.6 Å². The maximum absolute atomic E-state index is 11.6. The first-order chi connectivity index (χ1) is 13.2. The van der Waals surface area contributed by atoms with Crippen molar-refractivity contribution in [1.29, 1.82) is 0 Å². The number of hydrogen-bond acceptors (Lipinski definition) is 5. The van der Waals surface area contributed by atoms with Crippen molar-refractivity contribution in [2.75, 3.05) is 20.3 Å². The van der Waals surface area contributed by atoms with Crippen molar-refractivity contribution in [3.05, 3.63) is 53.5 Å². The number of fused-ring (bicyclic) bond motifs is 2. The number of amides is 1. The van der Waals surface area contributed by atoms with E-state index in [2.05, 4.69) is 38.2 Å². The van der Waals surface area contributed by atoms with Gasteiger partial charge < -0.3 is 14.5 Å². The van der Waals surface area contributed by atoms with Crippen LogP contribution in [0.15, 0.2) is 40.8 Å². The summed E-state index contributed by atoms with van der Waals surface area (Å²) in [6.45, 7) is 3.97. The summed E-state index contributed by atoms with van der Waals surface area (Å²) in [7, 11) is 1.51. The Morgan fingerprint density at radius 3 is 3.04 bits per heavy atom. The molecule has 7 heteroatoms. The van der Waals surface area contributed by atoms with Crippen LogP contribution >= 0.6 is 0 Å². The Labute approximate surface area is 157 Å². The first-order valence-electron chi connectivity index (χ1n) is 9.22. The molecule has 0 saturated heterocycles. The molecule has 142 valence electrons. The molecule has 0 spiro atoms. The van der Waals surface area contributed by atoms with E-state index in [-0.39, 0.29) is 12.5 Å². The number of nitrogens with one attached hydrogen (secondary N) is 1. The van der Waals surface area contributed by atoms with Gasteiger partial charge in [-0.15, -0.1) is 0 Å². The topological polar surface area (TPSA) is 72.5 Å². The molecule has 0 fully saturated rings. The van der Waals surface area contributed by atoms with Gasteiger partial charge in [-0.3, -0.25) is 14.4 Å². The maximum atomic E-state index is 11.6. The minimum Gasteiger partial charge on any atom is -0.460 e. The number of aromatic nitrogens is 2. The first-order valence-corrected chi connectivity index (χ1v) is 9.22. The first kappa shape index (κ1) is 17.8. The molecule has 2 aromatic heterocycles. The van der Waals surface area contributed by atoms with Gasteiger partial charge in [-0.25, -0.2) is 0 Å². The van der Waals surface area contributed by atoms with E-state index in [0.717, 1.165) is 55.0 Å². The van der Waals surface area contributed by atoms with Crippen LogP contribution < -0.4 is 5.32 Å². The number of carbonyl (C=O) groups is 1. The zero-order valence-electron chi connectivity index (χ0n) is 15.5. The van der Waals surface area contributed by atoms with Gasteiger partial charge >= 0.3 is 0 Å². The highest BCUT2D eigenvalue weighted by molar-refractivity contribution is 5.77. The third kappa shape index (κ3) is 4.20. The summed E-state index contributed by atoms with van der Waals surface area (Å²) in [4.78, 5) is 13.9. The number of para-hydroxylation sites is 1. The lowest BCUT2D eigenvalue weighted by molar-refractivity contribution is -0.124. The van der Waals surface area contributed by atoms with Gasteiger partial charge in [0, 0.05) is 32.1 Å². The van der Waals surface area contributed by atoms with Gasteiger partial charge in [-0.2, -0.15) is 5.10 Å². The minimum absolute atomic E-state index is 0.0683. The fraction of sp³-hybridized carbons (Fsp3) is 0.400. The average Bonchev–Trinajstić information content (AvgIpc) is 3.18. The molecule has 1 aromatic carbocycles. The van der Waals surface area contributed by atoms with Crippen LogP contribution in [-0.4, -0.2) is 40.8 Å². The number of methoxy groups -OCH3 is 1. The summed E-state index contributed by atoms with van der Waals surface area (Å²) >= 11 is 0. The lowest BCUT2D eigenvalue weighted by atomic mass is 10.2. The van der Waals surface area contributed by atoms with Crippen molar-refractivity contribution in [3.63, 3.8) is 0 Å². The van der Waals surface area contributed by atoms with Crippen molar-refractivity contribution in [1.82, 2.24) is 20.0 Å². The highest BCUT2D eigenvalue weighted by Gasteiger charge is 2.18. The largest absolute Gasteiger partial charge is 0.460 e. The molecule has 3 heterocycles. The smallest absolute Gasteiger partial charge is 0.246 e. The quantitative estimate of drug-likeness (QED) is 0.723. The zero-order chi connectivity index (χ0) is 18.6. The van der Waals surface area contributed by atoms with Gasteiger partial charge in [0.05, 0.1) is 24.5 Å². The molecule has 0 bridgehead atoms. The van der Waals surface area contributed by atoms with E-state index in [4.69, 9.17) is 9.15 Å². The number of rotatable bonds is 6. The molecular formula is C20H24N4O3. The predicted octanol–water partition coefficient (Wildman–Crippen LogP) is 2.30. The van der Waals surface area contributed by atoms with Gasteiger partial charge in [0.25, 0.3) is 0 Å². The predicted molar refractivity (Wildman–Crippen MR) is 101 cm³/mol. The molecule has 4 rings (SSSR count). The Balaban J connectivity index is 1.42. The van der Waals surface area contributed by atoms with Crippen LogP contribution in [-0.2, 0) is 35.7 Å². The van der Waals surface area contributed by atoms with E-state index >= 15 is 0 Å². The summed E-state index contributed by atoms with van der Waals surface area (Å²) in [6, 6.07) is 12.3. The zero-order valence-corrected chi connectivity index (χ0v) is 15.5. The molecule has 1 amide bonds. The summed E-state index contributed by atoms with van der Waals surface area (Å²) < 4.78 is 12.9. The highest BCUT2D eigenvalue weighted by Crippen LogP contribution is 2.22. The van der Waals surface area contributed by atoms with Gasteiger partial charge in [0.1, 0.15) is 18.0 Å². The Morgan fingerprint density at radius 1 is 1.30 bits per heavy atom. The van der Waals surface area contributed by atoms with Crippen molar-refractivity contribution in [2.45, 2.75) is 32.6 Å². The SMILES string of the molecule is COCC(=O)NCc1cc2n(n1)CCCN(Cc1cc3ccccc3o1)C2. The number of aryl methyl sites for hydroxylation is 1. The second kappa shape index (κ2) is 7.94. The molecule has 27 heavy (non-hydrogen) atoms. The lowest BCUT2D eigenvalue weighted by Crippen LogP contribution is -2.26. The Morgan fingerprint density at radius 2 is 2.19 bits per heavy atom. The van der Waals surface area contributed by atoms with Gasteiger partial charge in [0.2, 0.25) is 5.91 Å². The fourth-order valence-corrected chi connectivity index (χ4v) is 3.52. The Kier molecular flexibility index (Phi) is 5.22. The highest BCUT2D eigenvalue weighted by atomic mass is 16.5. The molecular weight excluding hydrogens is 344 g/mol. The number of ether oxygens (including phenoxy) is 1. The number of furan rings is 1. The van der Waals surface area contributed by atoms with Crippen LogP contribution in [0.3, 0.4) is 0 Å². The van der Waals surface area contributed by atoms with E-state index in [1.54, 1.807) is 0 Å². The van der Waals surface area contributed by atoms with Crippen molar-refractivity contribution >= 4 is 16.9 Å². The van der Waals surface area contributed by atoms with Crippen LogP contribution in [0.5, 0.6) is 0 Å². The molecule has 0 radical (unpaired) electrons. The molecule has 0 atom stereocenters. The minimum atomic E-state index is -0.132. The number of nitrogens with zero attached hydrogens (tertiary/aromatic N) is 3. The normalized spacial score (nSPS) is 14.9. The second-order valence-corrected chi connectivity index (χ2v) is 6.87. The van der Waals surface area contributed by atoms with Crippen LogP contribution in [0.4, 0.5) is 0 Å². The molecule has 1 aliphatic heterocycles. The molecule has 3 aromatic rings. The summed E-state index contributed by atoms with van der Waals surface area (Å²) in [5, 5.41) is 8.59. The average molecular weight is 368 g/mol. The molecule has 7 nitrogen and oxygen atoms in total. The van der Waals surface area contributed by atoms with Crippen LogP contribution in [0.2, 0.25) is 0 Å². The number of benzene rings is 1. The van der Waals surface area contributed by atoms with Crippen molar-refractivity contribution in [2.24, 2.45) is 0 Å². The second-order valence-electron chi connectivity index (χ2n) is 6.87. The molecule has 0 unspecified atom stereocenters. The summed E-state index contributed by atoms with van der Waals surface area (Å²) in [6.07, 6.45) is 1.03. The fourth-order valence-electron chi connectivity index (χ4n) is 3.52. The van der Waals surface area contributed by atoms with E-state index < -0.39 is 0 Å². The van der Waals surface area contributed by atoms with E-state index in [0.29, 0.717) is 6.54 Å². The third-order valence-electron chi connectivity index (χ3n) is 4.74. The Hall–Kier alpha value is -2.64. The van der Waals surface area contributed by atoms with Crippen LogP contribution in [0, 0.1) is 0 Å². The van der Waals surface area contributed by atoms with Gasteiger partial charge in [0.15, 0.2) is 0 Å². The van der Waals surface area contributed by atoms with E-state index in [9.17, 15) is 4.79 Å². The molecule has 1 N–H and O–H groups in total. The maximum Gasteiger partial charge on any atom is 0.246 e. The lowest BCUT2D eigenvalue weighted by Gasteiger charge is -2.17. The molecule has 0 aliphatic carbocycles. The van der Waals surface area contributed by atoms with Crippen LogP contribution in [0.25, 0.3) is 11.0 Å². The standard InChI is InChI=1S/C20H24N4O3/c1-26-14-20(25)21-11-16-10-17-12-23(7-4-8-24(17)22-16)13-18-9-15-5-2-3-6-19(15)27-18/h2-3,5-6,9-10H,4,7-8,11-14H2,1H3,(H,21,25). The van der Waals surface area contributed by atoms with Crippen molar-refractivity contribution < 1.29 is 13.9 Å². The van der Waals surface area contributed by atoms with Gasteiger partial charge in [-0.1, -0.05) is 18.2 Å². The molecule has 0 saturated carbocycles. The monoisotopic (exact) mass is 368 g/mol. The summed E-state index contributed by atoms with van der Waals surface area (Å²) in [5.74, 6) is 0.850. The number of hydrogen-bond donors (Lipinski definition) is 1. The molecule has 1 aliphatic rings. The van der Waals surface area contributed by atoms with Crippen LogP contribution in [0.1, 0.15) is 23.6 Å². The Bertz CT molecular complexity index is 897. The summed E-state index contributed by atoms with van der Waals surface area (Å²) in [5.41, 5.74) is 2.97. The third-order valence-corrected chi connectivity index (χ3v) is 4.74. The van der Waals surface area contributed by atoms with Crippen molar-refractivity contribution in [3.8, 4) is 0 Å². The number of carbonyl (C=O) groups excluding carboxylic acids is 1. The van der Waals surface area contributed by atoms with E-state index in [1.807, 2.05) is 18.2 Å². The van der Waals surface area contributed by atoms with E-state index in [1.165, 1.54) is 12.8 Å².